The Morgan fingerprint density at radius 2 is 1.77 bits per heavy atom. The third-order valence-corrected chi connectivity index (χ3v) is 6.11. The van der Waals surface area contributed by atoms with Gasteiger partial charge in [0.1, 0.15) is 18.0 Å². The standard InChI is InChI=1S/C18H24N2O5S/c1-18(2,3)25-17(21)19-8-10-20(11-9-19)26(22,23)15-12-14-6-4-5-7-16(14)24-13-15/h4-7,12H,8-11,13H2,1-3H3. The number of carbonyl (C=O) groups excluding carboxylic acids is 1. The predicted octanol–water partition coefficient (Wildman–Crippen LogP) is 2.30. The molecule has 26 heavy (non-hydrogen) atoms. The summed E-state index contributed by atoms with van der Waals surface area (Å²) in [5, 5.41) is 0. The smallest absolute Gasteiger partial charge is 0.410 e. The van der Waals surface area contributed by atoms with Crippen LogP contribution in [0.2, 0.25) is 0 Å². The number of piperazine rings is 1. The predicted molar refractivity (Wildman–Crippen MR) is 98.2 cm³/mol. The maximum atomic E-state index is 12.9. The Kier molecular flexibility index (Phi) is 4.98. The van der Waals surface area contributed by atoms with E-state index in [2.05, 4.69) is 0 Å². The van der Waals surface area contributed by atoms with Crippen LogP contribution in [0.4, 0.5) is 4.79 Å². The first-order chi connectivity index (χ1) is 12.2. The van der Waals surface area contributed by atoms with Crippen molar-refractivity contribution in [1.29, 1.82) is 0 Å². The monoisotopic (exact) mass is 380 g/mol. The lowest BCUT2D eigenvalue weighted by Gasteiger charge is -2.35. The Hall–Kier alpha value is -2.06. The zero-order valence-corrected chi connectivity index (χ0v) is 16.1. The van der Waals surface area contributed by atoms with Crippen LogP contribution in [-0.2, 0) is 14.8 Å². The number of hydrogen-bond acceptors (Lipinski definition) is 5. The molecule has 1 aromatic rings. The zero-order valence-electron chi connectivity index (χ0n) is 15.3. The second-order valence-electron chi connectivity index (χ2n) is 7.31. The summed E-state index contributed by atoms with van der Waals surface area (Å²) in [5.41, 5.74) is 0.183. The molecule has 8 heteroatoms. The van der Waals surface area contributed by atoms with Crippen molar-refractivity contribution in [2.75, 3.05) is 32.8 Å². The molecule has 7 nitrogen and oxygen atoms in total. The number of hydrogen-bond donors (Lipinski definition) is 0. The lowest BCUT2D eigenvalue weighted by Crippen LogP contribution is -2.52. The second kappa shape index (κ2) is 6.92. The Bertz CT molecular complexity index is 818. The fraction of sp³-hybridized carbons (Fsp3) is 0.500. The molecule has 0 unspecified atom stereocenters. The van der Waals surface area contributed by atoms with Crippen molar-refractivity contribution in [3.63, 3.8) is 0 Å². The summed E-state index contributed by atoms with van der Waals surface area (Å²) < 4.78 is 38.1. The topological polar surface area (TPSA) is 76.2 Å². The fourth-order valence-corrected chi connectivity index (χ4v) is 4.31. The molecule has 0 aliphatic carbocycles. The van der Waals surface area contributed by atoms with Crippen LogP contribution in [-0.4, -0.2) is 62.1 Å². The van der Waals surface area contributed by atoms with Crippen LogP contribution in [0, 0.1) is 0 Å². The average molecular weight is 380 g/mol. The summed E-state index contributed by atoms with van der Waals surface area (Å²) in [6.07, 6.45) is 1.25. The van der Waals surface area contributed by atoms with Crippen molar-refractivity contribution >= 4 is 22.2 Å². The minimum absolute atomic E-state index is 0.0195. The summed E-state index contributed by atoms with van der Waals surface area (Å²) in [4.78, 5) is 13.9. The quantitative estimate of drug-likeness (QED) is 0.787. The van der Waals surface area contributed by atoms with Crippen molar-refractivity contribution in [1.82, 2.24) is 9.21 Å². The SMILES string of the molecule is CC(C)(C)OC(=O)N1CCN(S(=O)(=O)C2=Cc3ccccc3OC2)CC1. The molecule has 2 aliphatic rings. The van der Waals surface area contributed by atoms with Crippen LogP contribution in [0.25, 0.3) is 6.08 Å². The first-order valence-electron chi connectivity index (χ1n) is 8.57. The maximum absolute atomic E-state index is 12.9. The molecule has 0 spiro atoms. The van der Waals surface area contributed by atoms with Crippen LogP contribution in [0.3, 0.4) is 0 Å². The first kappa shape index (κ1) is 18.7. The number of sulfonamides is 1. The Labute approximate surface area is 154 Å². The molecule has 3 rings (SSSR count). The van der Waals surface area contributed by atoms with Crippen LogP contribution in [0.5, 0.6) is 5.75 Å². The highest BCUT2D eigenvalue weighted by Crippen LogP contribution is 2.29. The van der Waals surface area contributed by atoms with E-state index in [1.807, 2.05) is 24.3 Å². The van der Waals surface area contributed by atoms with E-state index in [0.29, 0.717) is 18.8 Å². The molecule has 0 aromatic heterocycles. The lowest BCUT2D eigenvalue weighted by molar-refractivity contribution is 0.0193. The lowest BCUT2D eigenvalue weighted by atomic mass is 10.1. The van der Waals surface area contributed by atoms with Gasteiger partial charge in [-0.25, -0.2) is 13.2 Å². The zero-order chi connectivity index (χ0) is 18.9. The van der Waals surface area contributed by atoms with E-state index in [9.17, 15) is 13.2 Å². The highest BCUT2D eigenvalue weighted by molar-refractivity contribution is 7.93. The largest absolute Gasteiger partial charge is 0.487 e. The van der Waals surface area contributed by atoms with E-state index >= 15 is 0 Å². The van der Waals surface area contributed by atoms with Gasteiger partial charge in [0.05, 0.1) is 4.91 Å². The molecule has 1 aromatic carbocycles. The van der Waals surface area contributed by atoms with E-state index in [-0.39, 0.29) is 24.6 Å². The molecule has 0 N–H and O–H groups in total. The Morgan fingerprint density at radius 1 is 1.12 bits per heavy atom. The third kappa shape index (κ3) is 4.02. The van der Waals surface area contributed by atoms with Crippen molar-refractivity contribution in [2.24, 2.45) is 0 Å². The molecule has 0 saturated carbocycles. The van der Waals surface area contributed by atoms with Gasteiger partial charge < -0.3 is 14.4 Å². The number of rotatable bonds is 2. The summed E-state index contributed by atoms with van der Waals surface area (Å²) in [6.45, 7) is 6.52. The van der Waals surface area contributed by atoms with Crippen LogP contribution < -0.4 is 4.74 Å². The van der Waals surface area contributed by atoms with E-state index in [1.165, 1.54) is 4.31 Å². The molecule has 2 heterocycles. The number of fused-ring (bicyclic) bond motifs is 1. The van der Waals surface area contributed by atoms with Crippen molar-refractivity contribution in [3.05, 3.63) is 34.7 Å². The van der Waals surface area contributed by atoms with Gasteiger partial charge in [-0.15, -0.1) is 0 Å². The molecule has 2 aliphatic heterocycles. The number of carbonyl (C=O) groups is 1. The maximum Gasteiger partial charge on any atom is 0.410 e. The van der Waals surface area contributed by atoms with Gasteiger partial charge in [-0.05, 0) is 32.9 Å². The first-order valence-corrected chi connectivity index (χ1v) is 10.0. The highest BCUT2D eigenvalue weighted by atomic mass is 32.2. The van der Waals surface area contributed by atoms with Gasteiger partial charge >= 0.3 is 6.09 Å². The van der Waals surface area contributed by atoms with Gasteiger partial charge in [0.25, 0.3) is 0 Å². The van der Waals surface area contributed by atoms with Gasteiger partial charge in [0.2, 0.25) is 10.0 Å². The average Bonchev–Trinajstić information content (AvgIpc) is 2.60. The summed E-state index contributed by atoms with van der Waals surface area (Å²) >= 11 is 0. The Balaban J connectivity index is 1.68. The summed E-state index contributed by atoms with van der Waals surface area (Å²) in [6, 6.07) is 7.33. The molecule has 1 amide bonds. The third-order valence-electron chi connectivity index (χ3n) is 4.17. The van der Waals surface area contributed by atoms with Crippen molar-refractivity contribution in [2.45, 2.75) is 26.4 Å². The number of ether oxygens (including phenoxy) is 2. The van der Waals surface area contributed by atoms with Crippen LogP contribution >= 0.6 is 0 Å². The molecule has 0 radical (unpaired) electrons. The molecule has 1 saturated heterocycles. The van der Waals surface area contributed by atoms with Gasteiger partial charge in [0.15, 0.2) is 0 Å². The number of benzene rings is 1. The minimum atomic E-state index is -3.62. The summed E-state index contributed by atoms with van der Waals surface area (Å²) in [5.74, 6) is 0.682. The number of para-hydroxylation sites is 1. The minimum Gasteiger partial charge on any atom is -0.487 e. The van der Waals surface area contributed by atoms with Gasteiger partial charge in [0, 0.05) is 31.7 Å². The van der Waals surface area contributed by atoms with Crippen LogP contribution in [0.15, 0.2) is 29.2 Å². The number of amides is 1. The van der Waals surface area contributed by atoms with E-state index in [1.54, 1.807) is 31.7 Å². The van der Waals surface area contributed by atoms with Crippen molar-refractivity contribution in [3.8, 4) is 5.75 Å². The Morgan fingerprint density at radius 3 is 2.42 bits per heavy atom. The normalized spacial score (nSPS) is 18.6. The van der Waals surface area contributed by atoms with E-state index < -0.39 is 21.7 Å². The molecule has 1 fully saturated rings. The fourth-order valence-electron chi connectivity index (χ4n) is 2.85. The van der Waals surface area contributed by atoms with Gasteiger partial charge in [-0.3, -0.25) is 0 Å². The number of nitrogens with zero attached hydrogens (tertiary/aromatic N) is 2. The van der Waals surface area contributed by atoms with Crippen LogP contribution in [0.1, 0.15) is 26.3 Å². The molecular formula is C18H24N2O5S. The molecule has 142 valence electrons. The van der Waals surface area contributed by atoms with Gasteiger partial charge in [-0.2, -0.15) is 4.31 Å². The molecule has 0 bridgehead atoms. The summed E-state index contributed by atoms with van der Waals surface area (Å²) in [7, 11) is -3.62. The van der Waals surface area contributed by atoms with Crippen molar-refractivity contribution < 1.29 is 22.7 Å². The van der Waals surface area contributed by atoms with E-state index in [4.69, 9.17) is 9.47 Å². The molecule has 0 atom stereocenters. The second-order valence-corrected chi connectivity index (χ2v) is 9.30. The van der Waals surface area contributed by atoms with Gasteiger partial charge in [-0.1, -0.05) is 18.2 Å². The van der Waals surface area contributed by atoms with E-state index in [0.717, 1.165) is 5.56 Å². The molecular weight excluding hydrogens is 356 g/mol. The highest BCUT2D eigenvalue weighted by Gasteiger charge is 2.34.